The lowest BCUT2D eigenvalue weighted by Gasteiger charge is -2.36. The first-order valence-electron chi connectivity index (χ1n) is 8.72. The summed E-state index contributed by atoms with van der Waals surface area (Å²) in [6, 6.07) is 12.3. The van der Waals surface area contributed by atoms with Gasteiger partial charge in [0, 0.05) is 24.5 Å². The van der Waals surface area contributed by atoms with Crippen molar-refractivity contribution in [1.82, 2.24) is 4.90 Å². The Kier molecular flexibility index (Phi) is 5.79. The Labute approximate surface area is 158 Å². The van der Waals surface area contributed by atoms with E-state index in [0.29, 0.717) is 11.7 Å². The highest BCUT2D eigenvalue weighted by Gasteiger charge is 2.21. The van der Waals surface area contributed by atoms with Crippen LogP contribution in [0.3, 0.4) is 0 Å². The van der Waals surface area contributed by atoms with Crippen LogP contribution in [0, 0.1) is 5.82 Å². The van der Waals surface area contributed by atoms with Crippen LogP contribution in [0.1, 0.15) is 23.2 Å². The molecule has 0 radical (unpaired) electrons. The quantitative estimate of drug-likeness (QED) is 0.867. The zero-order valence-corrected chi connectivity index (χ0v) is 15.8. The van der Waals surface area contributed by atoms with E-state index < -0.39 is 11.7 Å². The van der Waals surface area contributed by atoms with Crippen molar-refractivity contribution < 1.29 is 9.18 Å². The zero-order valence-electron chi connectivity index (χ0n) is 15.0. The molecule has 2 aromatic rings. The topological polar surface area (TPSA) is 35.6 Å². The SMILES string of the molecule is CN1CCC(N(C)c2cccc(NC(=O)c3c(F)cccc3Cl)c2)CC1. The van der Waals surface area contributed by atoms with Crippen LogP contribution in [0.5, 0.6) is 0 Å². The molecule has 1 heterocycles. The molecule has 0 bridgehead atoms. The molecule has 0 spiro atoms. The number of piperidine rings is 1. The van der Waals surface area contributed by atoms with Gasteiger partial charge in [0.15, 0.2) is 0 Å². The average molecular weight is 376 g/mol. The van der Waals surface area contributed by atoms with Gasteiger partial charge in [0.2, 0.25) is 0 Å². The summed E-state index contributed by atoms with van der Waals surface area (Å²) in [6.07, 6.45) is 2.21. The molecule has 2 aromatic carbocycles. The van der Waals surface area contributed by atoms with Crippen molar-refractivity contribution in [3.8, 4) is 0 Å². The third kappa shape index (κ3) is 4.17. The van der Waals surface area contributed by atoms with Gasteiger partial charge in [-0.25, -0.2) is 4.39 Å². The smallest absolute Gasteiger partial charge is 0.260 e. The van der Waals surface area contributed by atoms with Gasteiger partial charge < -0.3 is 15.1 Å². The third-order valence-electron chi connectivity index (χ3n) is 4.94. The molecule has 138 valence electrons. The number of hydrogen-bond acceptors (Lipinski definition) is 3. The Morgan fingerprint density at radius 3 is 2.62 bits per heavy atom. The van der Waals surface area contributed by atoms with E-state index in [-0.39, 0.29) is 10.6 Å². The number of carbonyl (C=O) groups excluding carboxylic acids is 1. The van der Waals surface area contributed by atoms with Crippen LogP contribution in [0.15, 0.2) is 42.5 Å². The predicted octanol–water partition coefficient (Wildman–Crippen LogP) is 4.26. The predicted molar refractivity (Wildman–Crippen MR) is 105 cm³/mol. The van der Waals surface area contributed by atoms with Gasteiger partial charge >= 0.3 is 0 Å². The molecular formula is C20H23ClFN3O. The summed E-state index contributed by atoms with van der Waals surface area (Å²) in [5, 5.41) is 2.85. The summed E-state index contributed by atoms with van der Waals surface area (Å²) in [4.78, 5) is 17.0. The van der Waals surface area contributed by atoms with E-state index in [4.69, 9.17) is 11.6 Å². The fourth-order valence-electron chi connectivity index (χ4n) is 3.30. The molecule has 26 heavy (non-hydrogen) atoms. The molecule has 1 saturated heterocycles. The molecule has 1 fully saturated rings. The summed E-state index contributed by atoms with van der Waals surface area (Å²) in [7, 11) is 4.21. The van der Waals surface area contributed by atoms with Crippen molar-refractivity contribution in [2.45, 2.75) is 18.9 Å². The minimum Gasteiger partial charge on any atom is -0.371 e. The van der Waals surface area contributed by atoms with Crippen molar-refractivity contribution in [1.29, 1.82) is 0 Å². The largest absolute Gasteiger partial charge is 0.371 e. The average Bonchev–Trinajstić information content (AvgIpc) is 2.62. The Morgan fingerprint density at radius 2 is 1.92 bits per heavy atom. The zero-order chi connectivity index (χ0) is 18.7. The Bertz CT molecular complexity index is 770. The van der Waals surface area contributed by atoms with E-state index in [1.54, 1.807) is 6.07 Å². The molecule has 0 saturated carbocycles. The maximum atomic E-state index is 13.9. The van der Waals surface area contributed by atoms with Gasteiger partial charge in [-0.2, -0.15) is 0 Å². The fourth-order valence-corrected chi connectivity index (χ4v) is 3.55. The van der Waals surface area contributed by atoms with E-state index in [2.05, 4.69) is 29.2 Å². The molecule has 0 aromatic heterocycles. The van der Waals surface area contributed by atoms with Crippen LogP contribution in [-0.4, -0.2) is 44.0 Å². The van der Waals surface area contributed by atoms with E-state index >= 15 is 0 Å². The van der Waals surface area contributed by atoms with Gasteiger partial charge in [0.1, 0.15) is 5.82 Å². The number of hydrogen-bond donors (Lipinski definition) is 1. The van der Waals surface area contributed by atoms with Gasteiger partial charge in [0.25, 0.3) is 5.91 Å². The normalized spacial score (nSPS) is 15.7. The Hall–Kier alpha value is -2.11. The first-order valence-corrected chi connectivity index (χ1v) is 9.10. The fraction of sp³-hybridized carbons (Fsp3) is 0.350. The molecule has 1 N–H and O–H groups in total. The number of benzene rings is 2. The summed E-state index contributed by atoms with van der Waals surface area (Å²) in [6.45, 7) is 2.16. The second kappa shape index (κ2) is 8.06. The van der Waals surface area contributed by atoms with Gasteiger partial charge in [-0.3, -0.25) is 4.79 Å². The molecular weight excluding hydrogens is 353 g/mol. The number of anilines is 2. The maximum absolute atomic E-state index is 13.9. The summed E-state index contributed by atoms with van der Waals surface area (Å²) in [5.74, 6) is -1.18. The minimum atomic E-state index is -0.630. The van der Waals surface area contributed by atoms with Crippen LogP contribution in [-0.2, 0) is 0 Å². The molecule has 1 amide bonds. The number of rotatable bonds is 4. The van der Waals surface area contributed by atoms with E-state index in [1.165, 1.54) is 18.2 Å². The molecule has 1 aliphatic rings. The molecule has 0 aliphatic carbocycles. The molecule has 4 nitrogen and oxygen atoms in total. The molecule has 0 atom stereocenters. The lowest BCUT2D eigenvalue weighted by Crippen LogP contribution is -2.42. The van der Waals surface area contributed by atoms with Crippen molar-refractivity contribution in [2.75, 3.05) is 37.4 Å². The van der Waals surface area contributed by atoms with Gasteiger partial charge in [-0.15, -0.1) is 0 Å². The summed E-state index contributed by atoms with van der Waals surface area (Å²) >= 11 is 5.97. The van der Waals surface area contributed by atoms with Crippen molar-refractivity contribution in [3.05, 3.63) is 58.9 Å². The third-order valence-corrected chi connectivity index (χ3v) is 5.25. The molecule has 0 unspecified atom stereocenters. The highest BCUT2D eigenvalue weighted by atomic mass is 35.5. The first-order chi connectivity index (χ1) is 12.5. The lowest BCUT2D eigenvalue weighted by atomic mass is 10.0. The standard InChI is InChI=1S/C20H23ClFN3O/c1-24-11-9-15(10-12-24)25(2)16-6-3-5-14(13-16)23-20(26)19-17(21)7-4-8-18(19)22/h3-8,13,15H,9-12H2,1-2H3,(H,23,26). The number of halogens is 2. The number of amides is 1. The van der Waals surface area contributed by atoms with Crippen LogP contribution >= 0.6 is 11.6 Å². The molecule has 6 heteroatoms. The molecule has 1 aliphatic heterocycles. The van der Waals surface area contributed by atoms with Crippen LogP contribution < -0.4 is 10.2 Å². The second-order valence-electron chi connectivity index (χ2n) is 6.75. The highest BCUT2D eigenvalue weighted by Crippen LogP contribution is 2.26. The van der Waals surface area contributed by atoms with E-state index in [1.807, 2.05) is 18.2 Å². The number of nitrogens with one attached hydrogen (secondary N) is 1. The highest BCUT2D eigenvalue weighted by molar-refractivity contribution is 6.34. The van der Waals surface area contributed by atoms with Crippen LogP contribution in [0.2, 0.25) is 5.02 Å². The Morgan fingerprint density at radius 1 is 1.23 bits per heavy atom. The van der Waals surface area contributed by atoms with Crippen molar-refractivity contribution >= 4 is 28.9 Å². The summed E-state index contributed by atoms with van der Waals surface area (Å²) < 4.78 is 13.9. The first kappa shape index (κ1) is 18.7. The van der Waals surface area contributed by atoms with Crippen molar-refractivity contribution in [2.24, 2.45) is 0 Å². The van der Waals surface area contributed by atoms with E-state index in [9.17, 15) is 9.18 Å². The van der Waals surface area contributed by atoms with Gasteiger partial charge in [-0.05, 0) is 63.3 Å². The minimum absolute atomic E-state index is 0.0992. The van der Waals surface area contributed by atoms with Crippen LogP contribution in [0.4, 0.5) is 15.8 Å². The maximum Gasteiger partial charge on any atom is 0.260 e. The van der Waals surface area contributed by atoms with Crippen molar-refractivity contribution in [3.63, 3.8) is 0 Å². The molecule has 3 rings (SSSR count). The van der Waals surface area contributed by atoms with Gasteiger partial charge in [0.05, 0.1) is 10.6 Å². The van der Waals surface area contributed by atoms with Gasteiger partial charge in [-0.1, -0.05) is 23.7 Å². The lowest BCUT2D eigenvalue weighted by molar-refractivity contribution is 0.102. The second-order valence-corrected chi connectivity index (χ2v) is 7.15. The monoisotopic (exact) mass is 375 g/mol. The van der Waals surface area contributed by atoms with Crippen LogP contribution in [0.25, 0.3) is 0 Å². The Balaban J connectivity index is 1.74. The number of carbonyl (C=O) groups is 1. The number of nitrogens with zero attached hydrogens (tertiary/aromatic N) is 2. The summed E-state index contributed by atoms with van der Waals surface area (Å²) in [5.41, 5.74) is 1.51. The number of likely N-dealkylation sites (tertiary alicyclic amines) is 1. The van der Waals surface area contributed by atoms with E-state index in [0.717, 1.165) is 31.6 Å².